The van der Waals surface area contributed by atoms with Gasteiger partial charge >= 0.3 is 12.1 Å². The molecule has 0 saturated carbocycles. The summed E-state index contributed by atoms with van der Waals surface area (Å²) in [6, 6.07) is 4.54. The van der Waals surface area contributed by atoms with Gasteiger partial charge in [-0.05, 0) is 25.0 Å². The van der Waals surface area contributed by atoms with Crippen LogP contribution in [0.3, 0.4) is 0 Å². The van der Waals surface area contributed by atoms with Crippen LogP contribution in [-0.2, 0) is 27.1 Å². The SMILES string of the molecule is CCC(=O)N1CCCC(C(=O)OCc2nc(-c3cccc(C(F)(F)F)c3)no2)C1. The van der Waals surface area contributed by atoms with Crippen molar-refractivity contribution in [2.75, 3.05) is 13.1 Å². The number of aromatic nitrogens is 2. The average molecular weight is 411 g/mol. The number of benzene rings is 1. The second-order valence-electron chi connectivity index (χ2n) is 6.73. The van der Waals surface area contributed by atoms with Crippen molar-refractivity contribution in [3.63, 3.8) is 0 Å². The molecule has 1 saturated heterocycles. The van der Waals surface area contributed by atoms with Crippen LogP contribution in [0.1, 0.15) is 37.6 Å². The number of piperidine rings is 1. The molecule has 0 N–H and O–H groups in total. The lowest BCUT2D eigenvalue weighted by atomic mass is 9.98. The Balaban J connectivity index is 1.59. The first kappa shape index (κ1) is 20.8. The Morgan fingerprint density at radius 2 is 2.14 bits per heavy atom. The predicted octanol–water partition coefficient (Wildman–Crippen LogP) is 3.45. The lowest BCUT2D eigenvalue weighted by Crippen LogP contribution is -2.42. The number of likely N-dealkylation sites (tertiary alicyclic amines) is 1. The first-order chi connectivity index (χ1) is 13.8. The summed E-state index contributed by atoms with van der Waals surface area (Å²) in [7, 11) is 0. The van der Waals surface area contributed by atoms with Gasteiger partial charge < -0.3 is 14.2 Å². The second-order valence-corrected chi connectivity index (χ2v) is 6.73. The summed E-state index contributed by atoms with van der Waals surface area (Å²) in [5, 5.41) is 3.65. The Bertz CT molecular complexity index is 882. The maximum Gasteiger partial charge on any atom is 0.416 e. The molecule has 1 amide bonds. The molecule has 1 aliphatic heterocycles. The molecule has 2 aromatic rings. The van der Waals surface area contributed by atoms with Crippen molar-refractivity contribution in [3.05, 3.63) is 35.7 Å². The zero-order chi connectivity index (χ0) is 21.0. The molecule has 0 spiro atoms. The molecule has 7 nitrogen and oxygen atoms in total. The van der Waals surface area contributed by atoms with Gasteiger partial charge in [0.1, 0.15) is 0 Å². The number of carbonyl (C=O) groups is 2. The number of esters is 1. The van der Waals surface area contributed by atoms with Crippen LogP contribution in [-0.4, -0.2) is 40.0 Å². The quantitative estimate of drug-likeness (QED) is 0.701. The van der Waals surface area contributed by atoms with Crippen LogP contribution in [0.5, 0.6) is 0 Å². The third-order valence-corrected chi connectivity index (χ3v) is 4.66. The Hall–Kier alpha value is -2.91. The summed E-state index contributed by atoms with van der Waals surface area (Å²) in [4.78, 5) is 29.7. The number of alkyl halides is 3. The van der Waals surface area contributed by atoms with Crippen molar-refractivity contribution >= 4 is 11.9 Å². The third-order valence-electron chi connectivity index (χ3n) is 4.66. The minimum atomic E-state index is -4.48. The van der Waals surface area contributed by atoms with Crippen LogP contribution in [0.2, 0.25) is 0 Å². The molecule has 1 atom stereocenters. The van der Waals surface area contributed by atoms with Crippen LogP contribution in [0.25, 0.3) is 11.4 Å². The fourth-order valence-corrected chi connectivity index (χ4v) is 3.14. The molecule has 1 aromatic heterocycles. The topological polar surface area (TPSA) is 85.5 Å². The first-order valence-corrected chi connectivity index (χ1v) is 9.22. The lowest BCUT2D eigenvalue weighted by molar-refractivity contribution is -0.153. The smallest absolute Gasteiger partial charge is 0.416 e. The van der Waals surface area contributed by atoms with E-state index in [0.29, 0.717) is 32.4 Å². The highest BCUT2D eigenvalue weighted by molar-refractivity contribution is 5.78. The summed E-state index contributed by atoms with van der Waals surface area (Å²) >= 11 is 0. The highest BCUT2D eigenvalue weighted by atomic mass is 19.4. The van der Waals surface area contributed by atoms with Gasteiger partial charge in [-0.3, -0.25) is 9.59 Å². The Morgan fingerprint density at radius 3 is 2.86 bits per heavy atom. The van der Waals surface area contributed by atoms with E-state index in [-0.39, 0.29) is 29.8 Å². The van der Waals surface area contributed by atoms with Crippen LogP contribution in [0.15, 0.2) is 28.8 Å². The monoisotopic (exact) mass is 411 g/mol. The van der Waals surface area contributed by atoms with Crippen LogP contribution < -0.4 is 0 Å². The van der Waals surface area contributed by atoms with E-state index in [9.17, 15) is 22.8 Å². The third kappa shape index (κ3) is 5.12. The van der Waals surface area contributed by atoms with Gasteiger partial charge in [-0.25, -0.2) is 0 Å². The number of nitrogens with zero attached hydrogens (tertiary/aromatic N) is 3. The number of hydrogen-bond donors (Lipinski definition) is 0. The van der Waals surface area contributed by atoms with Crippen molar-refractivity contribution in [2.45, 2.75) is 39.0 Å². The summed E-state index contributed by atoms with van der Waals surface area (Å²) in [5.41, 5.74) is -0.682. The zero-order valence-electron chi connectivity index (χ0n) is 15.7. The van der Waals surface area contributed by atoms with Gasteiger partial charge in [0.15, 0.2) is 6.61 Å². The van der Waals surface area contributed by atoms with Gasteiger partial charge in [-0.2, -0.15) is 18.2 Å². The first-order valence-electron chi connectivity index (χ1n) is 9.22. The van der Waals surface area contributed by atoms with Gasteiger partial charge in [0, 0.05) is 25.1 Å². The standard InChI is InChI=1S/C19H20F3N3O4/c1-2-16(26)25-8-4-6-13(10-25)18(27)28-11-15-23-17(24-29-15)12-5-3-7-14(9-12)19(20,21)22/h3,5,7,9,13H,2,4,6,8,10-11H2,1H3. The molecule has 1 aliphatic rings. The lowest BCUT2D eigenvalue weighted by Gasteiger charge is -2.31. The number of halogens is 3. The van der Waals surface area contributed by atoms with Crippen LogP contribution >= 0.6 is 0 Å². The highest BCUT2D eigenvalue weighted by Gasteiger charge is 2.31. The van der Waals surface area contributed by atoms with E-state index in [0.717, 1.165) is 12.1 Å². The van der Waals surface area contributed by atoms with Crippen molar-refractivity contribution in [2.24, 2.45) is 5.92 Å². The minimum absolute atomic E-state index is 0.00914. The molecule has 1 unspecified atom stereocenters. The Labute approximate surface area is 164 Å². The van der Waals surface area contributed by atoms with Crippen molar-refractivity contribution < 1.29 is 32.0 Å². The molecule has 0 radical (unpaired) electrons. The highest BCUT2D eigenvalue weighted by Crippen LogP contribution is 2.31. The number of hydrogen-bond acceptors (Lipinski definition) is 6. The normalized spacial score (nSPS) is 17.2. The zero-order valence-corrected chi connectivity index (χ0v) is 15.7. The molecule has 0 bridgehead atoms. The number of amides is 1. The van der Waals surface area contributed by atoms with E-state index in [1.165, 1.54) is 12.1 Å². The molecule has 29 heavy (non-hydrogen) atoms. The van der Waals surface area contributed by atoms with E-state index >= 15 is 0 Å². The number of carbonyl (C=O) groups excluding carboxylic acids is 2. The number of rotatable bonds is 5. The molecular formula is C19H20F3N3O4. The van der Waals surface area contributed by atoms with Crippen LogP contribution in [0, 0.1) is 5.92 Å². The average Bonchev–Trinajstić information content (AvgIpc) is 3.20. The van der Waals surface area contributed by atoms with Crippen molar-refractivity contribution in [3.8, 4) is 11.4 Å². The summed E-state index contributed by atoms with van der Waals surface area (Å²) in [6.45, 7) is 2.41. The van der Waals surface area contributed by atoms with E-state index in [1.807, 2.05) is 0 Å². The van der Waals surface area contributed by atoms with Gasteiger partial charge in [0.2, 0.25) is 11.7 Å². The summed E-state index contributed by atoms with van der Waals surface area (Å²) in [6.07, 6.45) is -2.77. The molecule has 2 heterocycles. The van der Waals surface area contributed by atoms with Crippen molar-refractivity contribution in [1.29, 1.82) is 0 Å². The molecule has 0 aliphatic carbocycles. The fourth-order valence-electron chi connectivity index (χ4n) is 3.14. The van der Waals surface area contributed by atoms with Gasteiger partial charge in [-0.15, -0.1) is 0 Å². The van der Waals surface area contributed by atoms with E-state index in [4.69, 9.17) is 9.26 Å². The van der Waals surface area contributed by atoms with Gasteiger partial charge in [0.05, 0.1) is 11.5 Å². The molecule has 1 aromatic carbocycles. The fraction of sp³-hybridized carbons (Fsp3) is 0.474. The molecule has 3 rings (SSSR count). The minimum Gasteiger partial charge on any atom is -0.455 e. The van der Waals surface area contributed by atoms with Gasteiger partial charge in [0.25, 0.3) is 5.89 Å². The van der Waals surface area contributed by atoms with Crippen molar-refractivity contribution in [1.82, 2.24) is 15.0 Å². The van der Waals surface area contributed by atoms with Crippen LogP contribution in [0.4, 0.5) is 13.2 Å². The summed E-state index contributed by atoms with van der Waals surface area (Å²) in [5.74, 6) is -0.963. The molecule has 156 valence electrons. The Kier molecular flexibility index (Phi) is 6.19. The number of ether oxygens (including phenoxy) is 1. The van der Waals surface area contributed by atoms with E-state index in [1.54, 1.807) is 11.8 Å². The van der Waals surface area contributed by atoms with E-state index < -0.39 is 23.6 Å². The molecule has 10 heteroatoms. The van der Waals surface area contributed by atoms with E-state index in [2.05, 4.69) is 10.1 Å². The maximum atomic E-state index is 12.8. The largest absolute Gasteiger partial charge is 0.455 e. The molecule has 1 fully saturated rings. The molecular weight excluding hydrogens is 391 g/mol. The predicted molar refractivity (Wildman–Crippen MR) is 94.1 cm³/mol. The Morgan fingerprint density at radius 1 is 1.34 bits per heavy atom. The maximum absolute atomic E-state index is 12.8. The van der Waals surface area contributed by atoms with Gasteiger partial charge in [-0.1, -0.05) is 24.2 Å². The summed E-state index contributed by atoms with van der Waals surface area (Å²) < 4.78 is 48.7. The second kappa shape index (κ2) is 8.62.